The zero-order chi connectivity index (χ0) is 15.1. The fraction of sp³-hybridized carbons (Fsp3) is 0.500. The molecule has 0 bridgehead atoms. The van der Waals surface area contributed by atoms with Gasteiger partial charge in [0.05, 0.1) is 12.5 Å². The number of ether oxygens (including phenoxy) is 1. The van der Waals surface area contributed by atoms with Crippen LogP contribution in [0.25, 0.3) is 0 Å². The maximum atomic E-state index is 11.8. The number of hydrogen-bond donors (Lipinski definition) is 2. The Morgan fingerprint density at radius 2 is 2.00 bits per heavy atom. The van der Waals surface area contributed by atoms with Crippen LogP contribution >= 0.6 is 0 Å². The van der Waals surface area contributed by atoms with Gasteiger partial charge in [0, 0.05) is 12.5 Å². The first-order valence-corrected chi connectivity index (χ1v) is 7.37. The van der Waals surface area contributed by atoms with Crippen molar-refractivity contribution in [2.75, 3.05) is 6.61 Å². The molecule has 1 aromatic carbocycles. The SMILES string of the molecule is O=C(CCCOc1ccccc1)N[C@H]1CCC[C@H]1C(=O)O. The Balaban J connectivity index is 1.65. The molecule has 2 N–H and O–H groups in total. The van der Waals surface area contributed by atoms with Crippen molar-refractivity contribution in [2.24, 2.45) is 5.92 Å². The van der Waals surface area contributed by atoms with Gasteiger partial charge in [0.2, 0.25) is 5.91 Å². The lowest BCUT2D eigenvalue weighted by Crippen LogP contribution is -2.40. The maximum Gasteiger partial charge on any atom is 0.308 e. The molecule has 1 fully saturated rings. The number of carboxylic acids is 1. The number of amides is 1. The highest BCUT2D eigenvalue weighted by Gasteiger charge is 2.33. The molecule has 1 aliphatic carbocycles. The molecule has 0 radical (unpaired) electrons. The first-order valence-electron chi connectivity index (χ1n) is 7.37. The van der Waals surface area contributed by atoms with E-state index in [0.717, 1.165) is 18.6 Å². The second kappa shape index (κ2) is 7.67. The van der Waals surface area contributed by atoms with E-state index in [0.29, 0.717) is 25.9 Å². The molecule has 5 nitrogen and oxygen atoms in total. The third kappa shape index (κ3) is 4.77. The summed E-state index contributed by atoms with van der Waals surface area (Å²) in [6.07, 6.45) is 3.24. The molecule has 0 unspecified atom stereocenters. The van der Waals surface area contributed by atoms with Gasteiger partial charge < -0.3 is 15.2 Å². The van der Waals surface area contributed by atoms with Crippen molar-refractivity contribution in [3.63, 3.8) is 0 Å². The van der Waals surface area contributed by atoms with Gasteiger partial charge in [-0.2, -0.15) is 0 Å². The minimum atomic E-state index is -0.815. The lowest BCUT2D eigenvalue weighted by Gasteiger charge is -2.17. The topological polar surface area (TPSA) is 75.6 Å². The smallest absolute Gasteiger partial charge is 0.308 e. The van der Waals surface area contributed by atoms with Gasteiger partial charge in [0.25, 0.3) is 0 Å². The van der Waals surface area contributed by atoms with Crippen molar-refractivity contribution in [1.29, 1.82) is 0 Å². The molecule has 2 rings (SSSR count). The Hall–Kier alpha value is -2.04. The molecule has 1 amide bonds. The maximum absolute atomic E-state index is 11.8. The highest BCUT2D eigenvalue weighted by Crippen LogP contribution is 2.25. The van der Waals surface area contributed by atoms with Gasteiger partial charge in [-0.05, 0) is 31.4 Å². The van der Waals surface area contributed by atoms with E-state index < -0.39 is 11.9 Å². The van der Waals surface area contributed by atoms with Gasteiger partial charge in [-0.25, -0.2) is 0 Å². The van der Waals surface area contributed by atoms with Crippen molar-refractivity contribution >= 4 is 11.9 Å². The molecule has 5 heteroatoms. The first-order chi connectivity index (χ1) is 10.2. The van der Waals surface area contributed by atoms with Crippen LogP contribution in [-0.4, -0.2) is 29.6 Å². The Morgan fingerprint density at radius 1 is 1.24 bits per heavy atom. The highest BCUT2D eigenvalue weighted by molar-refractivity contribution is 5.78. The largest absolute Gasteiger partial charge is 0.494 e. The van der Waals surface area contributed by atoms with Crippen LogP contribution in [-0.2, 0) is 9.59 Å². The quantitative estimate of drug-likeness (QED) is 0.755. The molecule has 0 spiro atoms. The summed E-state index contributed by atoms with van der Waals surface area (Å²) >= 11 is 0. The minimum absolute atomic E-state index is 0.0928. The zero-order valence-electron chi connectivity index (χ0n) is 12.0. The monoisotopic (exact) mass is 291 g/mol. The number of carbonyl (C=O) groups excluding carboxylic acids is 1. The number of benzene rings is 1. The summed E-state index contributed by atoms with van der Waals surface area (Å²) in [6, 6.07) is 9.24. The van der Waals surface area contributed by atoms with E-state index in [1.165, 1.54) is 0 Å². The standard InChI is InChI=1S/C16H21NO4/c18-15(17-14-9-4-8-13(14)16(19)20)10-5-11-21-12-6-2-1-3-7-12/h1-3,6-7,13-14H,4-5,8-11H2,(H,17,18)(H,19,20)/t13-,14+/m1/s1. The fourth-order valence-electron chi connectivity index (χ4n) is 2.65. The summed E-state index contributed by atoms with van der Waals surface area (Å²) in [4.78, 5) is 22.9. The van der Waals surface area contributed by atoms with Gasteiger partial charge in [-0.1, -0.05) is 24.6 Å². The van der Waals surface area contributed by atoms with Crippen LogP contribution in [0, 0.1) is 5.92 Å². The molecular weight excluding hydrogens is 270 g/mol. The van der Waals surface area contributed by atoms with E-state index in [-0.39, 0.29) is 11.9 Å². The summed E-state index contributed by atoms with van der Waals surface area (Å²) in [6.45, 7) is 0.477. The predicted molar refractivity (Wildman–Crippen MR) is 78.1 cm³/mol. The summed E-state index contributed by atoms with van der Waals surface area (Å²) in [5, 5.41) is 11.9. The van der Waals surface area contributed by atoms with Crippen molar-refractivity contribution in [2.45, 2.75) is 38.1 Å². The van der Waals surface area contributed by atoms with Crippen LogP contribution in [0.5, 0.6) is 5.75 Å². The second-order valence-electron chi connectivity index (χ2n) is 5.31. The number of hydrogen-bond acceptors (Lipinski definition) is 3. The zero-order valence-corrected chi connectivity index (χ0v) is 12.0. The molecule has 0 aromatic heterocycles. The normalized spacial score (nSPS) is 21.0. The highest BCUT2D eigenvalue weighted by atomic mass is 16.5. The minimum Gasteiger partial charge on any atom is -0.494 e. The molecule has 1 aromatic rings. The van der Waals surface area contributed by atoms with Gasteiger partial charge >= 0.3 is 5.97 Å². The number of aliphatic carboxylic acids is 1. The number of carboxylic acid groups (broad SMARTS) is 1. The van der Waals surface area contributed by atoms with Gasteiger partial charge in [0.15, 0.2) is 0 Å². The average Bonchev–Trinajstić information content (AvgIpc) is 2.93. The summed E-state index contributed by atoms with van der Waals surface area (Å²) in [7, 11) is 0. The van der Waals surface area contributed by atoms with Gasteiger partial charge in [0.1, 0.15) is 5.75 Å². The van der Waals surface area contributed by atoms with Crippen LogP contribution < -0.4 is 10.1 Å². The number of carbonyl (C=O) groups is 2. The molecular formula is C16H21NO4. The Morgan fingerprint density at radius 3 is 2.71 bits per heavy atom. The van der Waals surface area contributed by atoms with E-state index in [1.807, 2.05) is 30.3 Å². The second-order valence-corrected chi connectivity index (χ2v) is 5.31. The van der Waals surface area contributed by atoms with Crippen LogP contribution in [0.15, 0.2) is 30.3 Å². The van der Waals surface area contributed by atoms with Crippen molar-refractivity contribution in [3.8, 4) is 5.75 Å². The third-order valence-corrected chi connectivity index (χ3v) is 3.74. The Bertz CT molecular complexity index is 474. The number of rotatable bonds is 7. The number of nitrogens with one attached hydrogen (secondary N) is 1. The van der Waals surface area contributed by atoms with Gasteiger partial charge in [-0.15, -0.1) is 0 Å². The van der Waals surface area contributed by atoms with E-state index >= 15 is 0 Å². The molecule has 0 saturated heterocycles. The summed E-state index contributed by atoms with van der Waals surface area (Å²) in [5.74, 6) is -0.552. The van der Waals surface area contributed by atoms with Crippen LogP contribution in [0.1, 0.15) is 32.1 Å². The molecule has 2 atom stereocenters. The van der Waals surface area contributed by atoms with E-state index in [4.69, 9.17) is 9.84 Å². The fourth-order valence-corrected chi connectivity index (χ4v) is 2.65. The third-order valence-electron chi connectivity index (χ3n) is 3.74. The van der Waals surface area contributed by atoms with Crippen LogP contribution in [0.3, 0.4) is 0 Å². The molecule has 21 heavy (non-hydrogen) atoms. The van der Waals surface area contributed by atoms with E-state index in [9.17, 15) is 9.59 Å². The van der Waals surface area contributed by atoms with Crippen LogP contribution in [0.4, 0.5) is 0 Å². The first kappa shape index (κ1) is 15.4. The average molecular weight is 291 g/mol. The van der Waals surface area contributed by atoms with Crippen molar-refractivity contribution in [1.82, 2.24) is 5.32 Å². The molecule has 114 valence electrons. The Labute approximate surface area is 124 Å². The van der Waals surface area contributed by atoms with Gasteiger partial charge in [-0.3, -0.25) is 9.59 Å². The van der Waals surface area contributed by atoms with Crippen molar-refractivity contribution < 1.29 is 19.4 Å². The molecule has 0 heterocycles. The molecule has 1 aliphatic rings. The number of para-hydroxylation sites is 1. The Kier molecular flexibility index (Phi) is 5.60. The molecule has 1 saturated carbocycles. The van der Waals surface area contributed by atoms with E-state index in [1.54, 1.807) is 0 Å². The molecule has 0 aliphatic heterocycles. The van der Waals surface area contributed by atoms with Crippen molar-refractivity contribution in [3.05, 3.63) is 30.3 Å². The van der Waals surface area contributed by atoms with E-state index in [2.05, 4.69) is 5.32 Å². The lowest BCUT2D eigenvalue weighted by molar-refractivity contribution is -0.142. The summed E-state index contributed by atoms with van der Waals surface area (Å²) < 4.78 is 5.51. The predicted octanol–water partition coefficient (Wildman–Crippen LogP) is 2.22. The lowest BCUT2D eigenvalue weighted by atomic mass is 10.0. The summed E-state index contributed by atoms with van der Waals surface area (Å²) in [5.41, 5.74) is 0. The van der Waals surface area contributed by atoms with Crippen LogP contribution in [0.2, 0.25) is 0 Å².